The van der Waals surface area contributed by atoms with Gasteiger partial charge in [0.15, 0.2) is 0 Å². The van der Waals surface area contributed by atoms with Crippen molar-refractivity contribution in [2.45, 2.75) is 19.3 Å². The number of unbranched alkanes of at least 4 members (excludes halogenated alkanes) is 2. The SMILES string of the molecule is C=C=C=CCCCCO. The molecule has 0 radical (unpaired) electrons. The summed E-state index contributed by atoms with van der Waals surface area (Å²) in [6.07, 6.45) is 4.73. The highest BCUT2D eigenvalue weighted by atomic mass is 16.2. The van der Waals surface area contributed by atoms with Gasteiger partial charge in [-0.25, -0.2) is 0 Å². The molecule has 0 saturated heterocycles. The van der Waals surface area contributed by atoms with Gasteiger partial charge in [0.2, 0.25) is 0 Å². The molecular weight excluding hydrogens is 112 g/mol. The molecule has 0 atom stereocenters. The van der Waals surface area contributed by atoms with E-state index < -0.39 is 0 Å². The fourth-order valence-electron chi connectivity index (χ4n) is 0.503. The molecule has 0 bridgehead atoms. The summed E-state index contributed by atoms with van der Waals surface area (Å²) in [5.74, 6) is 0. The maximum atomic E-state index is 8.36. The van der Waals surface area contributed by atoms with E-state index in [0.29, 0.717) is 0 Å². The van der Waals surface area contributed by atoms with E-state index in [1.165, 1.54) is 0 Å². The molecule has 50 valence electrons. The van der Waals surface area contributed by atoms with E-state index in [4.69, 9.17) is 5.11 Å². The monoisotopic (exact) mass is 124 g/mol. The van der Waals surface area contributed by atoms with Gasteiger partial charge in [-0.3, -0.25) is 0 Å². The van der Waals surface area contributed by atoms with E-state index in [0.717, 1.165) is 19.3 Å². The fourth-order valence-corrected chi connectivity index (χ4v) is 0.503. The predicted molar refractivity (Wildman–Crippen MR) is 38.2 cm³/mol. The Morgan fingerprint density at radius 2 is 2.22 bits per heavy atom. The summed E-state index contributed by atoms with van der Waals surface area (Å²) in [4.78, 5) is 0. The Hall–Kier alpha value is -0.740. The highest BCUT2D eigenvalue weighted by molar-refractivity contribution is 4.80. The van der Waals surface area contributed by atoms with Crippen LogP contribution in [0.15, 0.2) is 24.1 Å². The number of aliphatic hydroxyl groups excluding tert-OH is 1. The molecule has 0 fully saturated rings. The maximum absolute atomic E-state index is 8.36. The van der Waals surface area contributed by atoms with Crippen molar-refractivity contribution in [2.24, 2.45) is 0 Å². The molecule has 0 spiro atoms. The molecule has 0 aromatic rings. The number of rotatable bonds is 4. The number of hydrogen-bond acceptors (Lipinski definition) is 1. The third-order valence-electron chi connectivity index (χ3n) is 0.961. The lowest BCUT2D eigenvalue weighted by molar-refractivity contribution is 0.285. The van der Waals surface area contributed by atoms with Gasteiger partial charge in [-0.05, 0) is 31.9 Å². The van der Waals surface area contributed by atoms with E-state index in [1.54, 1.807) is 0 Å². The van der Waals surface area contributed by atoms with Gasteiger partial charge >= 0.3 is 0 Å². The molecule has 0 unspecified atom stereocenters. The summed E-state index contributed by atoms with van der Waals surface area (Å²) < 4.78 is 0. The van der Waals surface area contributed by atoms with Crippen LogP contribution in [0.1, 0.15) is 19.3 Å². The average Bonchev–Trinajstić information content (AvgIpc) is 1.89. The zero-order valence-electron chi connectivity index (χ0n) is 5.56. The standard InChI is InChI=1S/C8H12O/c1-2-3-4-5-6-7-8-9/h4,9H,1,5-8H2. The summed E-state index contributed by atoms with van der Waals surface area (Å²) in [6.45, 7) is 3.65. The molecule has 0 aliphatic heterocycles. The zero-order valence-corrected chi connectivity index (χ0v) is 5.56. The highest BCUT2D eigenvalue weighted by Gasteiger charge is 1.79. The van der Waals surface area contributed by atoms with Crippen LogP contribution in [0.3, 0.4) is 0 Å². The lowest BCUT2D eigenvalue weighted by Gasteiger charge is -1.87. The molecule has 1 N–H and O–H groups in total. The lowest BCUT2D eigenvalue weighted by Crippen LogP contribution is -1.79. The van der Waals surface area contributed by atoms with Gasteiger partial charge in [0, 0.05) is 6.61 Å². The molecule has 0 aromatic carbocycles. The summed E-state index contributed by atoms with van der Waals surface area (Å²) in [5, 5.41) is 8.36. The molecule has 0 rings (SSSR count). The van der Waals surface area contributed by atoms with Crippen LogP contribution in [0.4, 0.5) is 0 Å². The van der Waals surface area contributed by atoms with Crippen LogP contribution in [0.5, 0.6) is 0 Å². The Bertz CT molecular complexity index is 126. The molecule has 0 aliphatic carbocycles. The van der Waals surface area contributed by atoms with Crippen molar-refractivity contribution in [3.63, 3.8) is 0 Å². The molecule has 0 heterocycles. The van der Waals surface area contributed by atoms with Crippen LogP contribution in [-0.4, -0.2) is 11.7 Å². The molecule has 9 heavy (non-hydrogen) atoms. The van der Waals surface area contributed by atoms with Crippen LogP contribution in [-0.2, 0) is 0 Å². The van der Waals surface area contributed by atoms with Gasteiger partial charge < -0.3 is 5.11 Å². The minimum Gasteiger partial charge on any atom is -0.396 e. The van der Waals surface area contributed by atoms with Crippen LogP contribution < -0.4 is 0 Å². The number of aliphatic hydroxyl groups is 1. The van der Waals surface area contributed by atoms with Gasteiger partial charge in [0.05, 0.1) is 0 Å². The molecule has 1 heteroatoms. The first-order chi connectivity index (χ1) is 4.41. The Balaban J connectivity index is 3.09. The summed E-state index contributed by atoms with van der Waals surface area (Å²) in [5.41, 5.74) is 5.27. The fraction of sp³-hybridized carbons (Fsp3) is 0.500. The minimum atomic E-state index is 0.283. The van der Waals surface area contributed by atoms with Crippen LogP contribution in [0, 0.1) is 0 Å². The van der Waals surface area contributed by atoms with Crippen molar-refractivity contribution in [1.82, 2.24) is 0 Å². The molecule has 0 aromatic heterocycles. The smallest absolute Gasteiger partial charge is 0.0431 e. The van der Waals surface area contributed by atoms with Crippen molar-refractivity contribution >= 4 is 0 Å². The van der Waals surface area contributed by atoms with Gasteiger partial charge in [-0.1, -0.05) is 11.5 Å². The van der Waals surface area contributed by atoms with Crippen LogP contribution in [0.2, 0.25) is 0 Å². The topological polar surface area (TPSA) is 20.2 Å². The van der Waals surface area contributed by atoms with E-state index in [2.05, 4.69) is 18.0 Å². The number of allylic oxidation sites excluding steroid dienone is 1. The second kappa shape index (κ2) is 7.26. The third-order valence-corrected chi connectivity index (χ3v) is 0.961. The van der Waals surface area contributed by atoms with Crippen molar-refractivity contribution in [3.8, 4) is 0 Å². The van der Waals surface area contributed by atoms with Crippen LogP contribution >= 0.6 is 0 Å². The van der Waals surface area contributed by atoms with E-state index in [9.17, 15) is 0 Å². The molecule has 0 amide bonds. The number of hydrogen-bond donors (Lipinski definition) is 1. The van der Waals surface area contributed by atoms with Gasteiger partial charge in [0.1, 0.15) is 0 Å². The van der Waals surface area contributed by atoms with Crippen molar-refractivity contribution in [3.05, 3.63) is 24.1 Å². The van der Waals surface area contributed by atoms with Crippen LogP contribution in [0.25, 0.3) is 0 Å². The first kappa shape index (κ1) is 8.26. The third kappa shape index (κ3) is 7.26. The predicted octanol–water partition coefficient (Wildman–Crippen LogP) is 1.65. The molecule has 0 saturated carbocycles. The minimum absolute atomic E-state index is 0.283. The van der Waals surface area contributed by atoms with Gasteiger partial charge in [-0.15, -0.1) is 0 Å². The van der Waals surface area contributed by atoms with Gasteiger partial charge in [0.25, 0.3) is 0 Å². The zero-order chi connectivity index (χ0) is 6.95. The van der Waals surface area contributed by atoms with E-state index in [-0.39, 0.29) is 6.61 Å². The second-order valence-corrected chi connectivity index (χ2v) is 1.74. The van der Waals surface area contributed by atoms with E-state index >= 15 is 0 Å². The summed E-state index contributed by atoms with van der Waals surface area (Å²) in [7, 11) is 0. The Labute approximate surface area is 56.0 Å². The normalized spacial score (nSPS) is 7.67. The Kier molecular flexibility index (Phi) is 6.66. The molecule has 0 aliphatic rings. The van der Waals surface area contributed by atoms with Crippen molar-refractivity contribution < 1.29 is 5.11 Å². The quantitative estimate of drug-likeness (QED) is 0.446. The summed E-state index contributed by atoms with van der Waals surface area (Å²) in [6, 6.07) is 0. The lowest BCUT2D eigenvalue weighted by atomic mass is 10.2. The first-order valence-electron chi connectivity index (χ1n) is 3.12. The Morgan fingerprint density at radius 1 is 1.44 bits per heavy atom. The molecular formula is C8H12O. The summed E-state index contributed by atoms with van der Waals surface area (Å²) >= 11 is 0. The average molecular weight is 124 g/mol. The largest absolute Gasteiger partial charge is 0.396 e. The second-order valence-electron chi connectivity index (χ2n) is 1.74. The maximum Gasteiger partial charge on any atom is 0.0431 e. The van der Waals surface area contributed by atoms with Crippen molar-refractivity contribution in [1.29, 1.82) is 0 Å². The van der Waals surface area contributed by atoms with Gasteiger partial charge in [-0.2, -0.15) is 0 Å². The highest BCUT2D eigenvalue weighted by Crippen LogP contribution is 1.93. The van der Waals surface area contributed by atoms with Crippen molar-refractivity contribution in [2.75, 3.05) is 6.61 Å². The Morgan fingerprint density at radius 3 is 2.78 bits per heavy atom. The first-order valence-corrected chi connectivity index (χ1v) is 3.12. The van der Waals surface area contributed by atoms with E-state index in [1.807, 2.05) is 6.08 Å². The molecule has 1 nitrogen and oxygen atoms in total.